The van der Waals surface area contributed by atoms with Gasteiger partial charge in [0, 0.05) is 24.4 Å². The molecule has 0 bridgehead atoms. The highest BCUT2D eigenvalue weighted by atomic mass is 19.1. The zero-order valence-corrected chi connectivity index (χ0v) is 15.7. The van der Waals surface area contributed by atoms with Crippen molar-refractivity contribution in [1.29, 1.82) is 0 Å². The molecular formula is C21H26FN3O2. The van der Waals surface area contributed by atoms with Crippen molar-refractivity contribution in [3.63, 3.8) is 0 Å². The molecule has 1 aromatic carbocycles. The summed E-state index contributed by atoms with van der Waals surface area (Å²) in [5.41, 5.74) is 0.757. The normalized spacial score (nSPS) is 17.5. The first-order valence-electron chi connectivity index (χ1n) is 9.56. The first-order chi connectivity index (χ1) is 13.2. The van der Waals surface area contributed by atoms with Crippen LogP contribution in [0.2, 0.25) is 0 Å². The van der Waals surface area contributed by atoms with Gasteiger partial charge in [-0.3, -0.25) is 9.69 Å². The largest absolute Gasteiger partial charge is 0.439 e. The molecule has 1 amide bonds. The lowest BCUT2D eigenvalue weighted by Gasteiger charge is -2.34. The van der Waals surface area contributed by atoms with Gasteiger partial charge in [-0.2, -0.15) is 0 Å². The molecule has 0 saturated carbocycles. The van der Waals surface area contributed by atoms with E-state index in [1.165, 1.54) is 12.1 Å². The van der Waals surface area contributed by atoms with Crippen molar-refractivity contribution < 1.29 is 13.9 Å². The molecule has 1 aromatic heterocycles. The lowest BCUT2D eigenvalue weighted by Crippen LogP contribution is -2.49. The number of nitrogens with one attached hydrogen (secondary N) is 1. The van der Waals surface area contributed by atoms with Gasteiger partial charge in [0.2, 0.25) is 11.8 Å². The van der Waals surface area contributed by atoms with Crippen molar-refractivity contribution in [1.82, 2.24) is 15.2 Å². The molecule has 1 aliphatic heterocycles. The number of benzene rings is 1. The Bertz CT molecular complexity index is 767. The topological polar surface area (TPSA) is 54.5 Å². The number of rotatable bonds is 7. The van der Waals surface area contributed by atoms with E-state index in [1.807, 2.05) is 6.07 Å². The number of piperidine rings is 1. The Morgan fingerprint density at radius 3 is 3.04 bits per heavy atom. The van der Waals surface area contributed by atoms with Gasteiger partial charge in [0.1, 0.15) is 11.6 Å². The van der Waals surface area contributed by atoms with Crippen molar-refractivity contribution in [2.45, 2.75) is 45.2 Å². The van der Waals surface area contributed by atoms with Crippen molar-refractivity contribution in [2.75, 3.05) is 13.1 Å². The molecule has 1 atom stereocenters. The molecule has 3 rings (SSSR count). The van der Waals surface area contributed by atoms with Crippen LogP contribution >= 0.6 is 0 Å². The number of carbonyl (C=O) groups is 1. The van der Waals surface area contributed by atoms with Gasteiger partial charge >= 0.3 is 0 Å². The van der Waals surface area contributed by atoms with E-state index >= 15 is 0 Å². The summed E-state index contributed by atoms with van der Waals surface area (Å²) in [5.74, 6) is 0.426. The molecule has 5 nitrogen and oxygen atoms in total. The number of hydrogen-bond donors (Lipinski definition) is 1. The molecule has 1 unspecified atom stereocenters. The monoisotopic (exact) mass is 371 g/mol. The van der Waals surface area contributed by atoms with Crippen LogP contribution < -0.4 is 10.1 Å². The number of pyridine rings is 1. The zero-order chi connectivity index (χ0) is 19.1. The number of halogens is 1. The fraction of sp³-hybridized carbons (Fsp3) is 0.429. The van der Waals surface area contributed by atoms with Crippen LogP contribution in [0.3, 0.4) is 0 Å². The van der Waals surface area contributed by atoms with Gasteiger partial charge in [0.05, 0.1) is 6.04 Å². The number of nitrogens with zero attached hydrogens (tertiary/aromatic N) is 2. The second kappa shape index (κ2) is 9.46. The summed E-state index contributed by atoms with van der Waals surface area (Å²) in [6.45, 7) is 4.38. The molecule has 0 radical (unpaired) electrons. The lowest BCUT2D eigenvalue weighted by atomic mass is 10.0. The molecule has 27 heavy (non-hydrogen) atoms. The van der Waals surface area contributed by atoms with E-state index < -0.39 is 0 Å². The molecule has 144 valence electrons. The van der Waals surface area contributed by atoms with E-state index in [1.54, 1.807) is 24.4 Å². The first kappa shape index (κ1) is 19.3. The smallest absolute Gasteiger partial charge is 0.237 e. The fourth-order valence-electron chi connectivity index (χ4n) is 3.44. The van der Waals surface area contributed by atoms with Gasteiger partial charge in [0.25, 0.3) is 0 Å². The lowest BCUT2D eigenvalue weighted by molar-refractivity contribution is -0.127. The maximum absolute atomic E-state index is 13.4. The van der Waals surface area contributed by atoms with Crippen LogP contribution in [-0.4, -0.2) is 34.9 Å². The Labute approximate surface area is 159 Å². The van der Waals surface area contributed by atoms with Crippen LogP contribution in [0, 0.1) is 5.82 Å². The minimum absolute atomic E-state index is 0.0451. The summed E-state index contributed by atoms with van der Waals surface area (Å²) in [5, 5.41) is 3.02. The van der Waals surface area contributed by atoms with Crippen LogP contribution in [0.5, 0.6) is 11.6 Å². The van der Waals surface area contributed by atoms with Gasteiger partial charge in [-0.25, -0.2) is 9.37 Å². The zero-order valence-electron chi connectivity index (χ0n) is 15.7. The molecule has 6 heteroatoms. The van der Waals surface area contributed by atoms with E-state index in [0.717, 1.165) is 44.3 Å². The Balaban J connectivity index is 1.64. The van der Waals surface area contributed by atoms with Gasteiger partial charge in [-0.05, 0) is 50.6 Å². The highest BCUT2D eigenvalue weighted by Gasteiger charge is 2.27. The Morgan fingerprint density at radius 1 is 1.33 bits per heavy atom. The molecule has 0 spiro atoms. The molecule has 1 aliphatic rings. The van der Waals surface area contributed by atoms with Crippen LogP contribution in [0.4, 0.5) is 4.39 Å². The highest BCUT2D eigenvalue weighted by molar-refractivity contribution is 5.81. The number of carbonyl (C=O) groups excluding carboxylic acids is 1. The van der Waals surface area contributed by atoms with Gasteiger partial charge in [-0.1, -0.05) is 25.5 Å². The molecule has 1 saturated heterocycles. The maximum atomic E-state index is 13.4. The van der Waals surface area contributed by atoms with Gasteiger partial charge in [0.15, 0.2) is 0 Å². The fourth-order valence-corrected chi connectivity index (χ4v) is 3.44. The molecule has 0 aliphatic carbocycles. The number of hydrogen-bond acceptors (Lipinski definition) is 4. The van der Waals surface area contributed by atoms with Crippen LogP contribution in [-0.2, 0) is 11.3 Å². The van der Waals surface area contributed by atoms with Gasteiger partial charge in [-0.15, -0.1) is 0 Å². The third-order valence-corrected chi connectivity index (χ3v) is 4.74. The van der Waals surface area contributed by atoms with E-state index in [0.29, 0.717) is 18.2 Å². The second-order valence-corrected chi connectivity index (χ2v) is 6.79. The maximum Gasteiger partial charge on any atom is 0.237 e. The number of aromatic nitrogens is 1. The molecule has 2 heterocycles. The van der Waals surface area contributed by atoms with Crippen LogP contribution in [0.25, 0.3) is 0 Å². The standard InChI is InChI=1S/C21H26FN3O2/c1-2-12-25-13-4-3-10-19(25)20(26)24-15-16-7-6-11-23-21(16)27-18-9-5-8-17(22)14-18/h5-9,11,14,19H,2-4,10,12-13,15H2,1H3,(H,24,26). The molecule has 1 N–H and O–H groups in total. The molecule has 2 aromatic rings. The molecule has 1 fully saturated rings. The summed E-state index contributed by atoms with van der Waals surface area (Å²) in [7, 11) is 0. The summed E-state index contributed by atoms with van der Waals surface area (Å²) in [6, 6.07) is 9.50. The van der Waals surface area contributed by atoms with Crippen LogP contribution in [0.15, 0.2) is 42.6 Å². The SMILES string of the molecule is CCCN1CCCCC1C(=O)NCc1cccnc1Oc1cccc(F)c1. The Kier molecular flexibility index (Phi) is 6.76. The van der Waals surface area contributed by atoms with E-state index in [9.17, 15) is 9.18 Å². The minimum Gasteiger partial charge on any atom is -0.439 e. The molecular weight excluding hydrogens is 345 g/mol. The Hall–Kier alpha value is -2.47. The highest BCUT2D eigenvalue weighted by Crippen LogP contribution is 2.24. The van der Waals surface area contributed by atoms with E-state index in [-0.39, 0.29) is 17.8 Å². The predicted molar refractivity (Wildman–Crippen MR) is 102 cm³/mol. The average Bonchev–Trinajstić information content (AvgIpc) is 2.68. The van der Waals surface area contributed by atoms with Crippen LogP contribution in [0.1, 0.15) is 38.2 Å². The average molecular weight is 371 g/mol. The quantitative estimate of drug-likeness (QED) is 0.802. The predicted octanol–water partition coefficient (Wildman–Crippen LogP) is 3.89. The summed E-state index contributed by atoms with van der Waals surface area (Å²) in [4.78, 5) is 19.2. The summed E-state index contributed by atoms with van der Waals surface area (Å²) < 4.78 is 19.1. The minimum atomic E-state index is -0.369. The second-order valence-electron chi connectivity index (χ2n) is 6.79. The number of likely N-dealkylation sites (tertiary alicyclic amines) is 1. The van der Waals surface area contributed by atoms with Crippen molar-refractivity contribution in [3.05, 3.63) is 54.0 Å². The van der Waals surface area contributed by atoms with Crippen molar-refractivity contribution >= 4 is 5.91 Å². The van der Waals surface area contributed by atoms with Crippen molar-refractivity contribution in [2.24, 2.45) is 0 Å². The third-order valence-electron chi connectivity index (χ3n) is 4.74. The van der Waals surface area contributed by atoms with Gasteiger partial charge < -0.3 is 10.1 Å². The third kappa shape index (κ3) is 5.26. The number of amides is 1. The Morgan fingerprint density at radius 2 is 2.22 bits per heavy atom. The summed E-state index contributed by atoms with van der Waals surface area (Å²) in [6.07, 6.45) is 5.78. The first-order valence-corrected chi connectivity index (χ1v) is 9.56. The summed E-state index contributed by atoms with van der Waals surface area (Å²) >= 11 is 0. The number of ether oxygens (including phenoxy) is 1. The van der Waals surface area contributed by atoms with Crippen molar-refractivity contribution in [3.8, 4) is 11.6 Å². The van der Waals surface area contributed by atoms with E-state index in [2.05, 4.69) is 22.1 Å². The van der Waals surface area contributed by atoms with E-state index in [4.69, 9.17) is 4.74 Å².